The number of hydrogen-bond acceptors (Lipinski definition) is 3. The largest absolute Gasteiger partial charge is 0.497 e. The molecule has 0 bridgehead atoms. The van der Waals surface area contributed by atoms with E-state index in [2.05, 4.69) is 12.2 Å². The first-order valence-corrected chi connectivity index (χ1v) is 6.92. The maximum atomic E-state index is 12.6. The fourth-order valence-corrected chi connectivity index (χ4v) is 2.50. The smallest absolute Gasteiger partial charge is 0.254 e. The van der Waals surface area contributed by atoms with Gasteiger partial charge in [-0.25, -0.2) is 0 Å². The molecule has 0 aliphatic carbocycles. The van der Waals surface area contributed by atoms with Crippen LogP contribution >= 0.6 is 0 Å². The van der Waals surface area contributed by atoms with Crippen molar-refractivity contribution >= 4 is 5.91 Å². The molecule has 0 spiro atoms. The number of benzene rings is 1. The fourth-order valence-electron chi connectivity index (χ4n) is 2.50. The lowest BCUT2D eigenvalue weighted by molar-refractivity contribution is 0.0692. The zero-order valence-electron chi connectivity index (χ0n) is 11.7. The molecule has 1 atom stereocenters. The van der Waals surface area contributed by atoms with Crippen LogP contribution in [0.1, 0.15) is 30.1 Å². The van der Waals surface area contributed by atoms with Crippen LogP contribution in [0.15, 0.2) is 24.3 Å². The van der Waals surface area contributed by atoms with Crippen LogP contribution in [0.4, 0.5) is 0 Å². The molecule has 1 amide bonds. The van der Waals surface area contributed by atoms with Crippen molar-refractivity contribution in [2.45, 2.75) is 25.8 Å². The molecule has 104 valence electrons. The van der Waals surface area contributed by atoms with Crippen molar-refractivity contribution in [3.8, 4) is 5.75 Å². The third kappa shape index (κ3) is 3.26. The van der Waals surface area contributed by atoms with E-state index < -0.39 is 0 Å². The van der Waals surface area contributed by atoms with E-state index in [0.717, 1.165) is 43.8 Å². The quantitative estimate of drug-likeness (QED) is 0.881. The number of nitrogens with one attached hydrogen (secondary N) is 1. The van der Waals surface area contributed by atoms with Crippen molar-refractivity contribution in [3.05, 3.63) is 29.8 Å². The number of rotatable bonds is 5. The van der Waals surface area contributed by atoms with Gasteiger partial charge in [0.15, 0.2) is 0 Å². The lowest BCUT2D eigenvalue weighted by atomic mass is 10.1. The van der Waals surface area contributed by atoms with Crippen molar-refractivity contribution in [1.29, 1.82) is 0 Å². The molecular weight excluding hydrogens is 240 g/mol. The normalized spacial score (nSPS) is 18.3. The van der Waals surface area contributed by atoms with Gasteiger partial charge in [-0.2, -0.15) is 0 Å². The molecule has 0 aromatic heterocycles. The molecule has 1 saturated heterocycles. The second-order valence-corrected chi connectivity index (χ2v) is 4.87. The number of carbonyl (C=O) groups is 1. The zero-order chi connectivity index (χ0) is 13.7. The molecule has 1 aromatic rings. The summed E-state index contributed by atoms with van der Waals surface area (Å²) in [4.78, 5) is 14.6. The molecule has 2 rings (SSSR count). The SMILES string of the molecule is CCCN(C(=O)c1ccc(OC)cc1)C1CCNC1. The highest BCUT2D eigenvalue weighted by atomic mass is 16.5. The molecule has 1 aromatic carbocycles. The van der Waals surface area contributed by atoms with Crippen molar-refractivity contribution in [2.24, 2.45) is 0 Å². The summed E-state index contributed by atoms with van der Waals surface area (Å²) < 4.78 is 5.12. The summed E-state index contributed by atoms with van der Waals surface area (Å²) in [6.45, 7) is 4.83. The van der Waals surface area contributed by atoms with Crippen LogP contribution in [0.5, 0.6) is 5.75 Å². The van der Waals surface area contributed by atoms with Crippen molar-refractivity contribution in [3.63, 3.8) is 0 Å². The summed E-state index contributed by atoms with van der Waals surface area (Å²) in [6.07, 6.45) is 2.03. The van der Waals surface area contributed by atoms with E-state index in [-0.39, 0.29) is 5.91 Å². The predicted octanol–water partition coefficient (Wildman–Crippen LogP) is 1.91. The van der Waals surface area contributed by atoms with Crippen LogP contribution in [-0.4, -0.2) is 43.6 Å². The first-order chi connectivity index (χ1) is 9.26. The molecule has 19 heavy (non-hydrogen) atoms. The Hall–Kier alpha value is -1.55. The van der Waals surface area contributed by atoms with Gasteiger partial charge in [-0.15, -0.1) is 0 Å². The standard InChI is InChI=1S/C15H22N2O2/c1-3-10-17(13-8-9-16-11-13)15(18)12-4-6-14(19-2)7-5-12/h4-7,13,16H,3,8-11H2,1-2H3. The second-order valence-electron chi connectivity index (χ2n) is 4.87. The zero-order valence-corrected chi connectivity index (χ0v) is 11.7. The minimum absolute atomic E-state index is 0.123. The van der Waals surface area contributed by atoms with Gasteiger partial charge in [0.25, 0.3) is 5.91 Å². The molecule has 1 fully saturated rings. The third-order valence-corrected chi connectivity index (χ3v) is 3.54. The van der Waals surface area contributed by atoms with E-state index in [1.54, 1.807) is 7.11 Å². The Morgan fingerprint density at radius 2 is 2.16 bits per heavy atom. The Morgan fingerprint density at radius 3 is 2.68 bits per heavy atom. The molecule has 0 saturated carbocycles. The van der Waals surface area contributed by atoms with Gasteiger partial charge in [0.05, 0.1) is 7.11 Å². The fraction of sp³-hybridized carbons (Fsp3) is 0.533. The van der Waals surface area contributed by atoms with Gasteiger partial charge in [-0.05, 0) is 43.7 Å². The molecule has 1 N–H and O–H groups in total. The van der Waals surface area contributed by atoms with Crippen LogP contribution in [0.3, 0.4) is 0 Å². The van der Waals surface area contributed by atoms with E-state index in [1.165, 1.54) is 0 Å². The molecule has 1 aliphatic heterocycles. The monoisotopic (exact) mass is 262 g/mol. The van der Waals surface area contributed by atoms with Gasteiger partial charge < -0.3 is 15.0 Å². The number of methoxy groups -OCH3 is 1. The summed E-state index contributed by atoms with van der Waals surface area (Å²) in [5.74, 6) is 0.902. The maximum absolute atomic E-state index is 12.6. The molecular formula is C15H22N2O2. The summed E-state index contributed by atoms with van der Waals surface area (Å²) in [5.41, 5.74) is 0.737. The van der Waals surface area contributed by atoms with Crippen molar-refractivity contribution in [2.75, 3.05) is 26.7 Å². The van der Waals surface area contributed by atoms with Crippen LogP contribution in [-0.2, 0) is 0 Å². The molecule has 1 unspecified atom stereocenters. The molecule has 4 heteroatoms. The minimum atomic E-state index is 0.123. The minimum Gasteiger partial charge on any atom is -0.497 e. The summed E-state index contributed by atoms with van der Waals surface area (Å²) in [5, 5.41) is 3.32. The number of ether oxygens (including phenoxy) is 1. The Balaban J connectivity index is 2.12. The number of carbonyl (C=O) groups excluding carboxylic acids is 1. The highest BCUT2D eigenvalue weighted by Crippen LogP contribution is 2.17. The van der Waals surface area contributed by atoms with Crippen LogP contribution in [0.2, 0.25) is 0 Å². The highest BCUT2D eigenvalue weighted by Gasteiger charge is 2.26. The van der Waals surface area contributed by atoms with E-state index in [1.807, 2.05) is 29.2 Å². The number of hydrogen-bond donors (Lipinski definition) is 1. The van der Waals surface area contributed by atoms with Gasteiger partial charge in [0.2, 0.25) is 0 Å². The third-order valence-electron chi connectivity index (χ3n) is 3.54. The Kier molecular flexibility index (Phi) is 4.80. The average Bonchev–Trinajstić information content (AvgIpc) is 2.98. The second kappa shape index (κ2) is 6.57. The molecule has 0 radical (unpaired) electrons. The lowest BCUT2D eigenvalue weighted by Gasteiger charge is -2.28. The van der Waals surface area contributed by atoms with Crippen molar-refractivity contribution in [1.82, 2.24) is 10.2 Å². The van der Waals surface area contributed by atoms with E-state index >= 15 is 0 Å². The molecule has 4 nitrogen and oxygen atoms in total. The molecule has 1 aliphatic rings. The lowest BCUT2D eigenvalue weighted by Crippen LogP contribution is -2.42. The van der Waals surface area contributed by atoms with Crippen molar-refractivity contribution < 1.29 is 9.53 Å². The first kappa shape index (κ1) is 13.9. The Morgan fingerprint density at radius 1 is 1.42 bits per heavy atom. The van der Waals surface area contributed by atoms with Crippen LogP contribution in [0, 0.1) is 0 Å². The van der Waals surface area contributed by atoms with Gasteiger partial charge in [0.1, 0.15) is 5.75 Å². The Bertz CT molecular complexity index is 411. The van der Waals surface area contributed by atoms with E-state index in [4.69, 9.17) is 4.74 Å². The van der Waals surface area contributed by atoms with Gasteiger partial charge in [-0.1, -0.05) is 6.92 Å². The van der Waals surface area contributed by atoms with E-state index in [0.29, 0.717) is 6.04 Å². The van der Waals surface area contributed by atoms with E-state index in [9.17, 15) is 4.79 Å². The summed E-state index contributed by atoms with van der Waals surface area (Å²) >= 11 is 0. The topological polar surface area (TPSA) is 41.6 Å². The Labute approximate surface area is 114 Å². The number of nitrogens with zero attached hydrogens (tertiary/aromatic N) is 1. The van der Waals surface area contributed by atoms with Crippen LogP contribution < -0.4 is 10.1 Å². The summed E-state index contributed by atoms with van der Waals surface area (Å²) in [6, 6.07) is 7.68. The van der Waals surface area contributed by atoms with Gasteiger partial charge in [-0.3, -0.25) is 4.79 Å². The van der Waals surface area contributed by atoms with Gasteiger partial charge >= 0.3 is 0 Å². The van der Waals surface area contributed by atoms with Crippen LogP contribution in [0.25, 0.3) is 0 Å². The maximum Gasteiger partial charge on any atom is 0.254 e. The predicted molar refractivity (Wildman–Crippen MR) is 75.6 cm³/mol. The number of amides is 1. The highest BCUT2D eigenvalue weighted by molar-refractivity contribution is 5.94. The van der Waals surface area contributed by atoms with Gasteiger partial charge in [0, 0.05) is 24.7 Å². The average molecular weight is 262 g/mol. The molecule has 1 heterocycles. The summed E-state index contributed by atoms with van der Waals surface area (Å²) in [7, 11) is 1.63. The first-order valence-electron chi connectivity index (χ1n) is 6.92.